The summed E-state index contributed by atoms with van der Waals surface area (Å²) in [6.07, 6.45) is 0.292. The van der Waals surface area contributed by atoms with Crippen LogP contribution in [0.4, 0.5) is 17.1 Å². The number of nitrogens with zero attached hydrogens (tertiary/aromatic N) is 3. The van der Waals surface area contributed by atoms with Crippen LogP contribution < -0.4 is 4.90 Å². The molecule has 2 aromatic carbocycles. The summed E-state index contributed by atoms with van der Waals surface area (Å²) in [5, 5.41) is 20.1. The van der Waals surface area contributed by atoms with Crippen LogP contribution in [-0.4, -0.2) is 11.5 Å². The van der Waals surface area contributed by atoms with Crippen LogP contribution in [0.1, 0.15) is 12.0 Å². The summed E-state index contributed by atoms with van der Waals surface area (Å²) in [5.74, 6) is 0. The molecule has 0 aromatic heterocycles. The molecule has 0 aliphatic heterocycles. The molecule has 0 atom stereocenters. The van der Waals surface area contributed by atoms with Crippen LogP contribution in [0.25, 0.3) is 0 Å². The summed E-state index contributed by atoms with van der Waals surface area (Å²) >= 11 is 0. The Morgan fingerprint density at radius 2 is 1.95 bits per heavy atom. The molecule has 0 heterocycles. The van der Waals surface area contributed by atoms with Gasteiger partial charge in [0.05, 0.1) is 17.4 Å². The van der Waals surface area contributed by atoms with Crippen LogP contribution in [0.3, 0.4) is 0 Å². The minimum Gasteiger partial charge on any atom is -0.335 e. The fourth-order valence-electron chi connectivity index (χ4n) is 2.16. The minimum absolute atomic E-state index is 0.0439. The van der Waals surface area contributed by atoms with Crippen LogP contribution in [-0.2, 0) is 0 Å². The largest absolute Gasteiger partial charge is 0.335 e. The van der Waals surface area contributed by atoms with Gasteiger partial charge in [-0.25, -0.2) is 0 Å². The van der Waals surface area contributed by atoms with E-state index in [0.29, 0.717) is 18.7 Å². The lowest BCUT2D eigenvalue weighted by molar-refractivity contribution is -0.384. The van der Waals surface area contributed by atoms with E-state index < -0.39 is 4.92 Å². The molecule has 0 aliphatic carbocycles. The maximum absolute atomic E-state index is 11.3. The second-order valence-corrected chi connectivity index (χ2v) is 4.64. The van der Waals surface area contributed by atoms with Crippen molar-refractivity contribution < 1.29 is 4.92 Å². The van der Waals surface area contributed by atoms with Gasteiger partial charge in [0, 0.05) is 18.3 Å². The highest BCUT2D eigenvalue weighted by atomic mass is 16.6. The van der Waals surface area contributed by atoms with Gasteiger partial charge in [-0.15, -0.1) is 0 Å². The van der Waals surface area contributed by atoms with Gasteiger partial charge in [-0.3, -0.25) is 10.1 Å². The summed E-state index contributed by atoms with van der Waals surface area (Å²) in [6, 6.07) is 16.5. The number of benzene rings is 2. The lowest BCUT2D eigenvalue weighted by Gasteiger charge is -2.24. The molecule has 21 heavy (non-hydrogen) atoms. The maximum Gasteiger partial charge on any atom is 0.292 e. The molecule has 5 heteroatoms. The number of para-hydroxylation sites is 1. The van der Waals surface area contributed by atoms with Crippen LogP contribution in [0, 0.1) is 28.4 Å². The minimum atomic E-state index is -0.392. The van der Waals surface area contributed by atoms with Crippen molar-refractivity contribution in [3.8, 4) is 6.07 Å². The summed E-state index contributed by atoms with van der Waals surface area (Å²) < 4.78 is 0. The Morgan fingerprint density at radius 3 is 2.57 bits per heavy atom. The third kappa shape index (κ3) is 3.37. The molecular weight excluding hydrogens is 266 g/mol. The smallest absolute Gasteiger partial charge is 0.292 e. The topological polar surface area (TPSA) is 70.2 Å². The van der Waals surface area contributed by atoms with Crippen molar-refractivity contribution in [3.05, 3.63) is 64.2 Å². The number of rotatable bonds is 5. The molecule has 0 radical (unpaired) electrons. The van der Waals surface area contributed by atoms with E-state index in [2.05, 4.69) is 6.07 Å². The van der Waals surface area contributed by atoms with E-state index in [1.54, 1.807) is 12.1 Å². The Kier molecular flexibility index (Phi) is 4.52. The SMILES string of the molecule is Cc1ccc([N+](=O)[O-])c(N(CCC#N)c2ccccc2)c1. The van der Waals surface area contributed by atoms with Crippen molar-refractivity contribution in [2.45, 2.75) is 13.3 Å². The highest BCUT2D eigenvalue weighted by molar-refractivity contribution is 5.72. The molecule has 0 N–H and O–H groups in total. The Bertz CT molecular complexity index is 678. The Balaban J connectivity index is 2.53. The molecule has 5 nitrogen and oxygen atoms in total. The average Bonchev–Trinajstić information content (AvgIpc) is 2.48. The quantitative estimate of drug-likeness (QED) is 0.614. The molecule has 0 bridgehead atoms. The van der Waals surface area contributed by atoms with E-state index in [1.807, 2.05) is 42.2 Å². The highest BCUT2D eigenvalue weighted by Crippen LogP contribution is 2.34. The van der Waals surface area contributed by atoms with Crippen molar-refractivity contribution in [2.75, 3.05) is 11.4 Å². The predicted octanol–water partition coefficient (Wildman–Crippen LogP) is 3.96. The van der Waals surface area contributed by atoms with Crippen molar-refractivity contribution >= 4 is 17.1 Å². The van der Waals surface area contributed by atoms with Crippen molar-refractivity contribution in [1.29, 1.82) is 5.26 Å². The van der Waals surface area contributed by atoms with E-state index in [1.165, 1.54) is 6.07 Å². The number of hydrogen-bond acceptors (Lipinski definition) is 4. The van der Waals surface area contributed by atoms with Gasteiger partial charge in [0.1, 0.15) is 5.69 Å². The number of hydrogen-bond donors (Lipinski definition) is 0. The number of nitriles is 1. The number of anilines is 2. The second-order valence-electron chi connectivity index (χ2n) is 4.64. The summed E-state index contributed by atoms with van der Waals surface area (Å²) in [4.78, 5) is 12.7. The van der Waals surface area contributed by atoms with Gasteiger partial charge in [-0.1, -0.05) is 24.3 Å². The molecule has 0 fully saturated rings. The molecule has 106 valence electrons. The van der Waals surface area contributed by atoms with Gasteiger partial charge in [0.25, 0.3) is 5.69 Å². The van der Waals surface area contributed by atoms with E-state index >= 15 is 0 Å². The standard InChI is InChI=1S/C16H15N3O2/c1-13-8-9-15(19(20)21)16(12-13)18(11-5-10-17)14-6-3-2-4-7-14/h2-4,6-9,12H,5,11H2,1H3. The zero-order valence-corrected chi connectivity index (χ0v) is 11.7. The first-order valence-corrected chi connectivity index (χ1v) is 6.58. The molecule has 0 spiro atoms. The Morgan fingerprint density at radius 1 is 1.24 bits per heavy atom. The van der Waals surface area contributed by atoms with Gasteiger partial charge >= 0.3 is 0 Å². The second kappa shape index (κ2) is 6.53. The molecule has 0 amide bonds. The number of nitro groups is 1. The van der Waals surface area contributed by atoms with Crippen LogP contribution in [0.5, 0.6) is 0 Å². The molecular formula is C16H15N3O2. The molecule has 0 saturated carbocycles. The molecule has 0 unspecified atom stereocenters. The Labute approximate surface area is 123 Å². The summed E-state index contributed by atoms with van der Waals surface area (Å²) in [5.41, 5.74) is 2.33. The lowest BCUT2D eigenvalue weighted by Crippen LogP contribution is -2.19. The van der Waals surface area contributed by atoms with Gasteiger partial charge in [-0.2, -0.15) is 5.26 Å². The molecule has 2 aromatic rings. The highest BCUT2D eigenvalue weighted by Gasteiger charge is 2.20. The van der Waals surface area contributed by atoms with Gasteiger partial charge in [-0.05, 0) is 30.7 Å². The lowest BCUT2D eigenvalue weighted by atomic mass is 10.1. The van der Waals surface area contributed by atoms with E-state index in [0.717, 1.165) is 11.3 Å². The van der Waals surface area contributed by atoms with Crippen molar-refractivity contribution in [3.63, 3.8) is 0 Å². The van der Waals surface area contributed by atoms with Gasteiger partial charge in [0.15, 0.2) is 0 Å². The van der Waals surface area contributed by atoms with Gasteiger partial charge < -0.3 is 4.90 Å². The van der Waals surface area contributed by atoms with Crippen LogP contribution in [0.15, 0.2) is 48.5 Å². The molecule has 0 aliphatic rings. The third-order valence-corrected chi connectivity index (χ3v) is 3.13. The normalized spacial score (nSPS) is 9.90. The number of nitro benzene ring substituents is 1. The van der Waals surface area contributed by atoms with Gasteiger partial charge in [0.2, 0.25) is 0 Å². The van der Waals surface area contributed by atoms with Crippen molar-refractivity contribution in [1.82, 2.24) is 0 Å². The van der Waals surface area contributed by atoms with Crippen molar-refractivity contribution in [2.24, 2.45) is 0 Å². The van der Waals surface area contributed by atoms with E-state index in [4.69, 9.17) is 5.26 Å². The predicted molar refractivity (Wildman–Crippen MR) is 81.5 cm³/mol. The zero-order valence-electron chi connectivity index (χ0n) is 11.7. The fourth-order valence-corrected chi connectivity index (χ4v) is 2.16. The maximum atomic E-state index is 11.3. The van der Waals surface area contributed by atoms with E-state index in [-0.39, 0.29) is 5.69 Å². The van der Waals surface area contributed by atoms with E-state index in [9.17, 15) is 10.1 Å². The molecule has 0 saturated heterocycles. The van der Waals surface area contributed by atoms with Crippen LogP contribution >= 0.6 is 0 Å². The Hall–Kier alpha value is -2.87. The average molecular weight is 281 g/mol. The molecule has 2 rings (SSSR count). The first kappa shape index (κ1) is 14.5. The summed E-state index contributed by atoms with van der Waals surface area (Å²) in [7, 11) is 0. The zero-order chi connectivity index (χ0) is 15.2. The van der Waals surface area contributed by atoms with Crippen LogP contribution in [0.2, 0.25) is 0 Å². The monoisotopic (exact) mass is 281 g/mol. The third-order valence-electron chi connectivity index (χ3n) is 3.13. The fraction of sp³-hybridized carbons (Fsp3) is 0.188. The first-order chi connectivity index (χ1) is 10.1. The number of aryl methyl sites for hydroxylation is 1. The summed E-state index contributed by atoms with van der Waals surface area (Å²) in [6.45, 7) is 2.30. The first-order valence-electron chi connectivity index (χ1n) is 6.58.